The Balaban J connectivity index is 1.80. The number of amides is 2. The van der Waals surface area contributed by atoms with Crippen molar-refractivity contribution in [3.8, 4) is 0 Å². The minimum atomic E-state index is -2.74. The van der Waals surface area contributed by atoms with Crippen molar-refractivity contribution in [3.05, 3.63) is 71.8 Å². The summed E-state index contributed by atoms with van der Waals surface area (Å²) in [4.78, 5) is 38.9. The summed E-state index contributed by atoms with van der Waals surface area (Å²) in [6, 6.07) is 16.4. The SMILES string of the molecule is CCCCCCCCCCCCCCCCOC[C@H](CO[P+](=O)OC[C@H](NC(=O)OCc1ccccc1)C(=O)OCc1ccccc1)NC(=O)CCCCCCCCCCCCCCC. The van der Waals surface area contributed by atoms with E-state index in [9.17, 15) is 18.9 Å². The molecule has 0 saturated carbocycles. The summed E-state index contributed by atoms with van der Waals surface area (Å²) in [5.41, 5.74) is 1.53. The van der Waals surface area contributed by atoms with Crippen molar-refractivity contribution in [2.75, 3.05) is 26.4 Å². The van der Waals surface area contributed by atoms with Gasteiger partial charge in [0.2, 0.25) is 5.91 Å². The van der Waals surface area contributed by atoms with E-state index in [4.69, 9.17) is 23.3 Å². The van der Waals surface area contributed by atoms with Crippen LogP contribution >= 0.6 is 8.25 Å². The first kappa shape index (κ1) is 57.8. The summed E-state index contributed by atoms with van der Waals surface area (Å²) in [6.45, 7) is 4.64. The minimum Gasteiger partial charge on any atom is -0.459 e. The Labute approximate surface area is 394 Å². The first-order chi connectivity index (χ1) is 31.9. The van der Waals surface area contributed by atoms with Crippen molar-refractivity contribution in [2.45, 2.75) is 219 Å². The van der Waals surface area contributed by atoms with E-state index in [1.165, 1.54) is 141 Å². The van der Waals surface area contributed by atoms with Crippen molar-refractivity contribution in [3.63, 3.8) is 0 Å². The van der Waals surface area contributed by atoms with Gasteiger partial charge in [-0.2, -0.15) is 0 Å². The predicted molar refractivity (Wildman–Crippen MR) is 263 cm³/mol. The highest BCUT2D eigenvalue weighted by Crippen LogP contribution is 2.25. The number of carbonyl (C=O) groups is 3. The Morgan fingerprint density at radius 1 is 0.492 bits per heavy atom. The molecule has 0 aliphatic carbocycles. The highest BCUT2D eigenvalue weighted by atomic mass is 31.1. The molecule has 1 unspecified atom stereocenters. The first-order valence-corrected chi connectivity index (χ1v) is 26.8. The Kier molecular flexibility index (Phi) is 37.3. The Morgan fingerprint density at radius 2 is 0.908 bits per heavy atom. The molecule has 0 saturated heterocycles. The molecule has 2 N–H and O–H groups in total. The molecule has 0 aliphatic rings. The Hall–Kier alpha value is -3.37. The molecule has 0 aliphatic heterocycles. The summed E-state index contributed by atoms with van der Waals surface area (Å²) in [5, 5.41) is 5.49. The molecule has 3 atom stereocenters. The van der Waals surface area contributed by atoms with Crippen LogP contribution < -0.4 is 10.6 Å². The number of hydrogen-bond donors (Lipinski definition) is 2. The average molecular weight is 928 g/mol. The standard InChI is InChI=1S/C53H87N2O9P/c1-3-5-7-9-11-13-15-17-19-21-23-25-27-35-41-60-44-49(54-51(56)40-34-26-24-22-20-18-16-14-12-10-8-6-4-2)45-63-65(59)64-46-50(52(57)61-42-47-36-30-28-31-37-47)55-53(58)62-43-48-38-32-29-33-39-48/h28-33,36-39,49-50H,3-27,34-35,40-46H2,1-2H3,(H-,54,55,56,58)/p+1/t49-,50+/m1/s1. The molecule has 2 aromatic rings. The summed E-state index contributed by atoms with van der Waals surface area (Å²) in [7, 11) is -2.74. The van der Waals surface area contributed by atoms with Crippen LogP contribution in [0.25, 0.3) is 0 Å². The second-order valence-electron chi connectivity index (χ2n) is 17.6. The van der Waals surface area contributed by atoms with E-state index in [-0.39, 0.29) is 32.3 Å². The highest BCUT2D eigenvalue weighted by Gasteiger charge is 2.31. The lowest BCUT2D eigenvalue weighted by atomic mass is 10.0. The van der Waals surface area contributed by atoms with Gasteiger partial charge >= 0.3 is 20.3 Å². The van der Waals surface area contributed by atoms with Crippen LogP contribution in [0.1, 0.15) is 205 Å². The lowest BCUT2D eigenvalue weighted by Gasteiger charge is -2.17. The van der Waals surface area contributed by atoms with Crippen molar-refractivity contribution >= 4 is 26.2 Å². The van der Waals surface area contributed by atoms with E-state index in [0.29, 0.717) is 13.0 Å². The molecular weight excluding hydrogens is 840 g/mol. The van der Waals surface area contributed by atoms with Gasteiger partial charge in [-0.25, -0.2) is 9.59 Å². The molecule has 368 valence electrons. The fraction of sp³-hybridized carbons (Fsp3) is 0.717. The van der Waals surface area contributed by atoms with Crippen LogP contribution in [0.5, 0.6) is 0 Å². The molecule has 2 aromatic carbocycles. The zero-order valence-electron chi connectivity index (χ0n) is 40.6. The van der Waals surface area contributed by atoms with Gasteiger partial charge in [0.05, 0.1) is 12.6 Å². The van der Waals surface area contributed by atoms with Crippen LogP contribution in [0.4, 0.5) is 4.79 Å². The second-order valence-corrected chi connectivity index (χ2v) is 18.6. The largest absolute Gasteiger partial charge is 0.697 e. The van der Waals surface area contributed by atoms with Gasteiger partial charge < -0.3 is 24.8 Å². The maximum absolute atomic E-state index is 13.1. The zero-order valence-corrected chi connectivity index (χ0v) is 41.5. The van der Waals surface area contributed by atoms with Gasteiger partial charge in [-0.1, -0.05) is 235 Å². The third kappa shape index (κ3) is 34.6. The molecule has 0 heterocycles. The maximum atomic E-state index is 13.1. The number of carbonyl (C=O) groups excluding carboxylic acids is 3. The van der Waals surface area contributed by atoms with Gasteiger partial charge in [-0.15, -0.1) is 9.05 Å². The monoisotopic (exact) mass is 928 g/mol. The Morgan fingerprint density at radius 3 is 1.38 bits per heavy atom. The lowest BCUT2D eigenvalue weighted by molar-refractivity contribution is -0.148. The van der Waals surface area contributed by atoms with Crippen LogP contribution in [-0.2, 0) is 50.6 Å². The summed E-state index contributed by atoms with van der Waals surface area (Å²) < 4.78 is 40.8. The summed E-state index contributed by atoms with van der Waals surface area (Å²) in [6.07, 6.45) is 33.5. The lowest BCUT2D eigenvalue weighted by Crippen LogP contribution is -2.45. The number of benzene rings is 2. The van der Waals surface area contributed by atoms with Crippen LogP contribution in [0, 0.1) is 0 Å². The summed E-state index contributed by atoms with van der Waals surface area (Å²) in [5.74, 6) is -0.888. The number of esters is 1. The van der Waals surface area contributed by atoms with Crippen molar-refractivity contribution in [1.82, 2.24) is 10.6 Å². The van der Waals surface area contributed by atoms with E-state index in [0.717, 1.165) is 43.2 Å². The number of hydrogen-bond acceptors (Lipinski definition) is 9. The van der Waals surface area contributed by atoms with Crippen LogP contribution in [0.15, 0.2) is 60.7 Å². The van der Waals surface area contributed by atoms with Crippen LogP contribution in [0.3, 0.4) is 0 Å². The van der Waals surface area contributed by atoms with Gasteiger partial charge in [0.25, 0.3) is 0 Å². The van der Waals surface area contributed by atoms with Gasteiger partial charge in [-0.05, 0) is 24.0 Å². The number of nitrogens with one attached hydrogen (secondary N) is 2. The molecule has 0 fully saturated rings. The molecule has 65 heavy (non-hydrogen) atoms. The van der Waals surface area contributed by atoms with Crippen molar-refractivity contribution in [1.29, 1.82) is 0 Å². The smallest absolute Gasteiger partial charge is 0.459 e. The number of alkyl carbamates (subject to hydrolysis) is 1. The third-order valence-corrected chi connectivity index (χ3v) is 12.3. The van der Waals surface area contributed by atoms with E-state index in [2.05, 4.69) is 24.5 Å². The topological polar surface area (TPSA) is 138 Å². The maximum Gasteiger partial charge on any atom is 0.697 e. The summed E-state index contributed by atoms with van der Waals surface area (Å²) >= 11 is 0. The number of unbranched alkanes of at least 4 members (excludes halogenated alkanes) is 25. The van der Waals surface area contributed by atoms with Crippen LogP contribution in [0.2, 0.25) is 0 Å². The number of ether oxygens (including phenoxy) is 3. The number of rotatable bonds is 44. The molecule has 0 radical (unpaired) electrons. The molecule has 0 bridgehead atoms. The molecule has 2 rings (SSSR count). The molecule has 0 spiro atoms. The van der Waals surface area contributed by atoms with E-state index < -0.39 is 39.0 Å². The molecular formula is C53H88N2O9P+. The second kappa shape index (κ2) is 42.0. The van der Waals surface area contributed by atoms with E-state index in [1.807, 2.05) is 60.7 Å². The zero-order chi connectivity index (χ0) is 46.7. The highest BCUT2D eigenvalue weighted by molar-refractivity contribution is 7.33. The molecule has 12 heteroatoms. The predicted octanol–water partition coefficient (Wildman–Crippen LogP) is 14.2. The minimum absolute atomic E-state index is 0.00930. The van der Waals surface area contributed by atoms with Crippen LogP contribution in [-0.4, -0.2) is 56.5 Å². The third-order valence-electron chi connectivity index (χ3n) is 11.6. The van der Waals surface area contributed by atoms with Gasteiger partial charge in [-0.3, -0.25) is 4.79 Å². The van der Waals surface area contributed by atoms with E-state index >= 15 is 0 Å². The van der Waals surface area contributed by atoms with Crippen molar-refractivity contribution < 1.29 is 42.2 Å². The van der Waals surface area contributed by atoms with Gasteiger partial charge in [0.1, 0.15) is 26.4 Å². The fourth-order valence-corrected chi connectivity index (χ4v) is 8.23. The molecule has 2 amide bonds. The quantitative estimate of drug-likeness (QED) is 0.0378. The fourth-order valence-electron chi connectivity index (χ4n) is 7.59. The molecule has 11 nitrogen and oxygen atoms in total. The Bertz CT molecular complexity index is 1450. The average Bonchev–Trinajstić information content (AvgIpc) is 3.32. The van der Waals surface area contributed by atoms with E-state index in [1.54, 1.807) is 0 Å². The first-order valence-electron chi connectivity index (χ1n) is 25.7. The normalized spacial score (nSPS) is 12.4. The van der Waals surface area contributed by atoms with Crippen molar-refractivity contribution in [2.24, 2.45) is 0 Å². The van der Waals surface area contributed by atoms with Gasteiger partial charge in [0.15, 0.2) is 6.04 Å². The van der Waals surface area contributed by atoms with Gasteiger partial charge in [0, 0.05) is 17.6 Å². The molecule has 0 aromatic heterocycles.